The van der Waals surface area contributed by atoms with Gasteiger partial charge < -0.3 is 14.8 Å². The van der Waals surface area contributed by atoms with Crippen molar-refractivity contribution in [3.05, 3.63) is 41.2 Å². The molecule has 0 aromatic carbocycles. The van der Waals surface area contributed by atoms with Gasteiger partial charge in [0.2, 0.25) is 5.95 Å². The van der Waals surface area contributed by atoms with Crippen LogP contribution in [0.1, 0.15) is 12.8 Å². The van der Waals surface area contributed by atoms with Gasteiger partial charge in [0.1, 0.15) is 0 Å². The van der Waals surface area contributed by atoms with Crippen molar-refractivity contribution in [2.75, 3.05) is 23.3 Å². The number of rotatable bonds is 3. The average Bonchev–Trinajstić information content (AvgIpc) is 2.51. The number of anilines is 2. The van der Waals surface area contributed by atoms with E-state index >= 15 is 0 Å². The van der Waals surface area contributed by atoms with Crippen molar-refractivity contribution in [3.63, 3.8) is 0 Å². The number of nitrogens with one attached hydrogen (secondary N) is 1. The summed E-state index contributed by atoms with van der Waals surface area (Å²) in [5.41, 5.74) is -0.0610. The fourth-order valence-corrected chi connectivity index (χ4v) is 2.55. The molecule has 2 aromatic heterocycles. The van der Waals surface area contributed by atoms with Crippen LogP contribution in [-0.2, 0) is 7.05 Å². The van der Waals surface area contributed by atoms with Crippen LogP contribution in [0.3, 0.4) is 0 Å². The van der Waals surface area contributed by atoms with Crippen LogP contribution in [0.5, 0.6) is 0 Å². The van der Waals surface area contributed by atoms with Crippen molar-refractivity contribution in [3.8, 4) is 0 Å². The van der Waals surface area contributed by atoms with E-state index in [-0.39, 0.29) is 11.6 Å². The molecule has 1 N–H and O–H groups in total. The Labute approximate surface area is 122 Å². The maximum atomic E-state index is 12.1. The minimum atomic E-state index is -0.0610. The summed E-state index contributed by atoms with van der Waals surface area (Å²) in [5.74, 6) is 1.14. The van der Waals surface area contributed by atoms with Crippen molar-refractivity contribution >= 4 is 11.8 Å². The predicted octanol–water partition coefficient (Wildman–Crippen LogP) is 0.651. The highest BCUT2D eigenvalue weighted by atomic mass is 16.1. The van der Waals surface area contributed by atoms with Gasteiger partial charge in [-0.3, -0.25) is 4.79 Å². The molecule has 0 saturated carbocycles. The van der Waals surface area contributed by atoms with E-state index in [9.17, 15) is 4.79 Å². The number of nitrogens with zero attached hydrogens (tertiary/aromatic N) is 5. The Kier molecular flexibility index (Phi) is 3.81. The molecular weight excluding hydrogens is 268 g/mol. The molecule has 0 spiro atoms. The smallest absolute Gasteiger partial charge is 0.293 e. The number of aromatic nitrogens is 4. The summed E-state index contributed by atoms with van der Waals surface area (Å²) in [5, 5.41) is 3.31. The van der Waals surface area contributed by atoms with Gasteiger partial charge in [-0.2, -0.15) is 0 Å². The Hall–Kier alpha value is -2.44. The lowest BCUT2D eigenvalue weighted by Crippen LogP contribution is -2.45. The Morgan fingerprint density at radius 2 is 2.05 bits per heavy atom. The molecule has 3 heterocycles. The second-order valence-corrected chi connectivity index (χ2v) is 5.17. The van der Waals surface area contributed by atoms with Crippen molar-refractivity contribution in [1.82, 2.24) is 19.5 Å². The molecule has 7 nitrogen and oxygen atoms in total. The van der Waals surface area contributed by atoms with Crippen LogP contribution in [0.4, 0.5) is 11.8 Å². The number of aryl methyl sites for hydroxylation is 1. The Morgan fingerprint density at radius 1 is 1.24 bits per heavy atom. The normalized spacial score (nSPS) is 18.5. The number of hydrogen-bond donors (Lipinski definition) is 1. The molecular formula is C14H18N6O. The van der Waals surface area contributed by atoms with Gasteiger partial charge in [-0.05, 0) is 18.9 Å². The molecule has 1 atom stereocenters. The second-order valence-electron chi connectivity index (χ2n) is 5.17. The lowest BCUT2D eigenvalue weighted by molar-refractivity contribution is 0.521. The molecule has 7 heteroatoms. The van der Waals surface area contributed by atoms with E-state index in [2.05, 4.69) is 20.3 Å². The van der Waals surface area contributed by atoms with Crippen LogP contribution in [0.25, 0.3) is 0 Å². The van der Waals surface area contributed by atoms with Gasteiger partial charge in [0.15, 0.2) is 5.82 Å². The molecule has 110 valence electrons. The summed E-state index contributed by atoms with van der Waals surface area (Å²) in [6.45, 7) is 1.57. The average molecular weight is 286 g/mol. The fourth-order valence-electron chi connectivity index (χ4n) is 2.55. The van der Waals surface area contributed by atoms with Gasteiger partial charge in [0.25, 0.3) is 5.56 Å². The van der Waals surface area contributed by atoms with Crippen molar-refractivity contribution in [2.24, 2.45) is 7.05 Å². The zero-order valence-electron chi connectivity index (χ0n) is 11.9. The molecule has 1 saturated heterocycles. The number of piperidine rings is 1. The van der Waals surface area contributed by atoms with E-state index in [4.69, 9.17) is 0 Å². The second kappa shape index (κ2) is 5.90. The molecule has 21 heavy (non-hydrogen) atoms. The van der Waals surface area contributed by atoms with Gasteiger partial charge in [-0.1, -0.05) is 0 Å². The summed E-state index contributed by atoms with van der Waals surface area (Å²) < 4.78 is 1.56. The van der Waals surface area contributed by atoms with Crippen LogP contribution in [0.15, 0.2) is 35.6 Å². The minimum absolute atomic E-state index is 0.0610. The van der Waals surface area contributed by atoms with Crippen LogP contribution >= 0.6 is 0 Å². The van der Waals surface area contributed by atoms with Crippen LogP contribution in [0, 0.1) is 0 Å². The third-order valence-corrected chi connectivity index (χ3v) is 3.62. The molecule has 0 aliphatic carbocycles. The first kappa shape index (κ1) is 13.5. The molecule has 1 aliphatic rings. The van der Waals surface area contributed by atoms with Gasteiger partial charge in [-0.25, -0.2) is 15.0 Å². The zero-order chi connectivity index (χ0) is 14.7. The standard InChI is InChI=1S/C14H18N6O/c1-19-9-7-15-12(13(19)21)20-8-2-4-11(10-20)18-14-16-5-3-6-17-14/h3,5-7,9,11H,2,4,8,10H2,1H3,(H,16,17,18). The van der Waals surface area contributed by atoms with Crippen molar-refractivity contribution in [2.45, 2.75) is 18.9 Å². The highest BCUT2D eigenvalue weighted by molar-refractivity contribution is 5.38. The largest absolute Gasteiger partial charge is 0.350 e. The molecule has 3 rings (SSSR count). The summed E-state index contributed by atoms with van der Waals surface area (Å²) in [7, 11) is 1.74. The molecule has 1 unspecified atom stereocenters. The molecule has 0 amide bonds. The van der Waals surface area contributed by atoms with E-state index in [0.717, 1.165) is 25.9 Å². The van der Waals surface area contributed by atoms with Crippen LogP contribution < -0.4 is 15.8 Å². The van der Waals surface area contributed by atoms with Gasteiger partial charge in [0.05, 0.1) is 0 Å². The lowest BCUT2D eigenvalue weighted by atomic mass is 10.1. The van der Waals surface area contributed by atoms with E-state index in [0.29, 0.717) is 11.8 Å². The Bertz CT molecular complexity index is 656. The maximum Gasteiger partial charge on any atom is 0.293 e. The maximum absolute atomic E-state index is 12.1. The van der Waals surface area contributed by atoms with E-state index in [1.165, 1.54) is 0 Å². The topological polar surface area (TPSA) is 75.9 Å². The monoisotopic (exact) mass is 286 g/mol. The zero-order valence-corrected chi connectivity index (χ0v) is 11.9. The number of hydrogen-bond acceptors (Lipinski definition) is 6. The lowest BCUT2D eigenvalue weighted by Gasteiger charge is -2.33. The first-order chi connectivity index (χ1) is 10.2. The third-order valence-electron chi connectivity index (χ3n) is 3.62. The van der Waals surface area contributed by atoms with E-state index in [1.54, 1.807) is 42.5 Å². The molecule has 1 fully saturated rings. The van der Waals surface area contributed by atoms with Gasteiger partial charge in [0, 0.05) is 51.0 Å². The Morgan fingerprint density at radius 3 is 2.86 bits per heavy atom. The summed E-state index contributed by atoms with van der Waals surface area (Å²) in [6.07, 6.45) is 8.79. The third kappa shape index (κ3) is 3.01. The highest BCUT2D eigenvalue weighted by Gasteiger charge is 2.23. The van der Waals surface area contributed by atoms with Crippen molar-refractivity contribution < 1.29 is 0 Å². The SMILES string of the molecule is Cn1ccnc(N2CCCC(Nc3ncccn3)C2)c1=O. The van der Waals surface area contributed by atoms with Gasteiger partial charge >= 0.3 is 0 Å². The summed E-state index contributed by atoms with van der Waals surface area (Å²) in [4.78, 5) is 26.8. The molecule has 0 radical (unpaired) electrons. The quantitative estimate of drug-likeness (QED) is 0.893. The van der Waals surface area contributed by atoms with Crippen LogP contribution in [0.2, 0.25) is 0 Å². The minimum Gasteiger partial charge on any atom is -0.350 e. The van der Waals surface area contributed by atoms with Crippen molar-refractivity contribution in [1.29, 1.82) is 0 Å². The summed E-state index contributed by atoms with van der Waals surface area (Å²) >= 11 is 0. The first-order valence-corrected chi connectivity index (χ1v) is 7.04. The summed E-state index contributed by atoms with van der Waals surface area (Å²) in [6, 6.07) is 2.00. The Balaban J connectivity index is 1.74. The molecule has 1 aliphatic heterocycles. The van der Waals surface area contributed by atoms with E-state index < -0.39 is 0 Å². The molecule has 0 bridgehead atoms. The predicted molar refractivity (Wildman–Crippen MR) is 80.4 cm³/mol. The molecule has 2 aromatic rings. The van der Waals surface area contributed by atoms with E-state index in [1.807, 2.05) is 4.90 Å². The highest BCUT2D eigenvalue weighted by Crippen LogP contribution is 2.16. The fraction of sp³-hybridized carbons (Fsp3) is 0.429. The van der Waals surface area contributed by atoms with Gasteiger partial charge in [-0.15, -0.1) is 0 Å². The van der Waals surface area contributed by atoms with Crippen LogP contribution in [-0.4, -0.2) is 38.7 Å². The first-order valence-electron chi connectivity index (χ1n) is 7.04.